The van der Waals surface area contributed by atoms with Gasteiger partial charge in [-0.1, -0.05) is 12.8 Å². The van der Waals surface area contributed by atoms with Crippen LogP contribution in [0.4, 0.5) is 10.1 Å². The molecule has 18 heavy (non-hydrogen) atoms. The number of hydrogen-bond donors (Lipinski definition) is 1. The second-order valence-corrected chi connectivity index (χ2v) is 7.03. The third-order valence-corrected chi connectivity index (χ3v) is 6.36. The van der Waals surface area contributed by atoms with Crippen LogP contribution in [0.2, 0.25) is 0 Å². The highest BCUT2D eigenvalue weighted by atomic mass is 32.2. The molecule has 1 N–H and O–H groups in total. The number of carbonyl (C=O) groups excluding carboxylic acids is 1. The average molecular weight is 269 g/mol. The summed E-state index contributed by atoms with van der Waals surface area (Å²) in [5.41, 5.74) is 0.180. The fourth-order valence-corrected chi connectivity index (χ4v) is 5.05. The Bertz CT molecular complexity index is 633. The lowest BCUT2D eigenvalue weighted by Gasteiger charge is -2.33. The maximum Gasteiger partial charge on any atom is 0.246 e. The molecule has 0 atom stereocenters. The van der Waals surface area contributed by atoms with Crippen molar-refractivity contribution in [1.82, 2.24) is 0 Å². The molecule has 1 fully saturated rings. The van der Waals surface area contributed by atoms with E-state index < -0.39 is 26.3 Å². The zero-order valence-electron chi connectivity index (χ0n) is 9.57. The molecule has 0 aromatic heterocycles. The van der Waals surface area contributed by atoms with Crippen molar-refractivity contribution in [2.45, 2.75) is 35.3 Å². The van der Waals surface area contributed by atoms with E-state index in [0.29, 0.717) is 25.7 Å². The van der Waals surface area contributed by atoms with Crippen molar-refractivity contribution in [2.75, 3.05) is 5.32 Å². The van der Waals surface area contributed by atoms with Crippen molar-refractivity contribution in [3.8, 4) is 0 Å². The standard InChI is InChI=1S/C12H12FNO3S/c13-8-3-4-9-10(7-8)18(16,17)12(11(15)14-9)5-1-2-6-12/h3-4,7H,1-2,5-6H2,(H,14,15). The minimum Gasteiger partial charge on any atom is -0.324 e. The number of benzene rings is 1. The van der Waals surface area contributed by atoms with Gasteiger partial charge >= 0.3 is 0 Å². The molecular formula is C12H12FNO3S. The van der Waals surface area contributed by atoms with Gasteiger partial charge in [0.25, 0.3) is 0 Å². The number of rotatable bonds is 0. The number of nitrogens with one attached hydrogen (secondary N) is 1. The second kappa shape index (κ2) is 3.54. The third kappa shape index (κ3) is 1.29. The topological polar surface area (TPSA) is 63.2 Å². The van der Waals surface area contributed by atoms with Gasteiger partial charge in [0.05, 0.1) is 10.6 Å². The zero-order chi connectivity index (χ0) is 13.0. The average Bonchev–Trinajstić information content (AvgIpc) is 2.80. The smallest absolute Gasteiger partial charge is 0.246 e. The molecule has 1 spiro atoms. The first-order valence-corrected chi connectivity index (χ1v) is 7.31. The molecule has 3 rings (SSSR count). The van der Waals surface area contributed by atoms with Gasteiger partial charge in [-0.05, 0) is 31.0 Å². The summed E-state index contributed by atoms with van der Waals surface area (Å²) in [6.07, 6.45) is 2.04. The summed E-state index contributed by atoms with van der Waals surface area (Å²) in [6.45, 7) is 0. The highest BCUT2D eigenvalue weighted by Gasteiger charge is 2.56. The molecule has 2 aliphatic rings. The van der Waals surface area contributed by atoms with Gasteiger partial charge in [0.2, 0.25) is 5.91 Å². The second-order valence-electron chi connectivity index (χ2n) is 4.80. The Hall–Kier alpha value is -1.43. The van der Waals surface area contributed by atoms with Crippen LogP contribution in [-0.2, 0) is 14.6 Å². The lowest BCUT2D eigenvalue weighted by molar-refractivity contribution is -0.118. The first-order valence-electron chi connectivity index (χ1n) is 5.83. The van der Waals surface area contributed by atoms with E-state index in [2.05, 4.69) is 5.32 Å². The Kier molecular flexibility index (Phi) is 2.29. The first kappa shape index (κ1) is 11.6. The molecule has 0 bridgehead atoms. The highest BCUT2D eigenvalue weighted by Crippen LogP contribution is 2.46. The predicted octanol–water partition coefficient (Wildman–Crippen LogP) is 1.86. The van der Waals surface area contributed by atoms with Gasteiger partial charge in [0, 0.05) is 0 Å². The largest absolute Gasteiger partial charge is 0.324 e. The Morgan fingerprint density at radius 3 is 2.56 bits per heavy atom. The maximum atomic E-state index is 13.2. The Morgan fingerprint density at radius 2 is 1.89 bits per heavy atom. The predicted molar refractivity (Wildman–Crippen MR) is 63.4 cm³/mol. The summed E-state index contributed by atoms with van der Waals surface area (Å²) < 4.78 is 37.0. The highest BCUT2D eigenvalue weighted by molar-refractivity contribution is 7.94. The monoisotopic (exact) mass is 269 g/mol. The normalized spacial score (nSPS) is 23.7. The fraction of sp³-hybridized carbons (Fsp3) is 0.417. The Balaban J connectivity index is 2.28. The van der Waals surface area contributed by atoms with Gasteiger partial charge in [-0.15, -0.1) is 0 Å². The molecule has 1 aromatic rings. The summed E-state index contributed by atoms with van der Waals surface area (Å²) in [5, 5.41) is 2.59. The van der Waals surface area contributed by atoms with E-state index in [1.165, 1.54) is 6.07 Å². The fourth-order valence-electron chi connectivity index (χ4n) is 2.83. The van der Waals surface area contributed by atoms with Crippen LogP contribution < -0.4 is 5.32 Å². The van der Waals surface area contributed by atoms with Gasteiger partial charge in [0.1, 0.15) is 5.82 Å². The number of carbonyl (C=O) groups is 1. The SMILES string of the molecule is O=C1Nc2ccc(F)cc2S(=O)(=O)C12CCCC2. The number of sulfone groups is 1. The summed E-state index contributed by atoms with van der Waals surface area (Å²) in [4.78, 5) is 12.0. The van der Waals surface area contributed by atoms with Crippen LogP contribution in [0.1, 0.15) is 25.7 Å². The van der Waals surface area contributed by atoms with E-state index in [1.54, 1.807) is 0 Å². The molecule has 4 nitrogen and oxygen atoms in total. The minimum atomic E-state index is -3.81. The molecule has 1 aliphatic carbocycles. The van der Waals surface area contributed by atoms with Crippen molar-refractivity contribution in [3.63, 3.8) is 0 Å². The molecule has 1 saturated carbocycles. The summed E-state index contributed by atoms with van der Waals surface area (Å²) in [7, 11) is -3.81. The van der Waals surface area contributed by atoms with E-state index >= 15 is 0 Å². The van der Waals surface area contributed by atoms with Crippen LogP contribution >= 0.6 is 0 Å². The number of hydrogen-bond acceptors (Lipinski definition) is 3. The van der Waals surface area contributed by atoms with Crippen LogP contribution in [0.25, 0.3) is 0 Å². The zero-order valence-corrected chi connectivity index (χ0v) is 10.4. The van der Waals surface area contributed by atoms with Gasteiger partial charge in [-0.25, -0.2) is 12.8 Å². The van der Waals surface area contributed by atoms with Crippen molar-refractivity contribution < 1.29 is 17.6 Å². The molecule has 96 valence electrons. The lowest BCUT2D eigenvalue weighted by Crippen LogP contribution is -2.50. The first-order chi connectivity index (χ1) is 8.47. The van der Waals surface area contributed by atoms with E-state index in [0.717, 1.165) is 12.1 Å². The molecule has 0 saturated heterocycles. The van der Waals surface area contributed by atoms with Gasteiger partial charge < -0.3 is 5.32 Å². The molecule has 0 unspecified atom stereocenters. The number of anilines is 1. The molecule has 1 heterocycles. The van der Waals surface area contributed by atoms with Crippen LogP contribution in [0.3, 0.4) is 0 Å². The Morgan fingerprint density at radius 1 is 1.22 bits per heavy atom. The molecular weight excluding hydrogens is 257 g/mol. The van der Waals surface area contributed by atoms with Crippen LogP contribution in [-0.4, -0.2) is 19.1 Å². The molecule has 6 heteroatoms. The lowest BCUT2D eigenvalue weighted by atomic mass is 10.1. The maximum absolute atomic E-state index is 13.2. The van der Waals surface area contributed by atoms with Gasteiger partial charge in [-0.2, -0.15) is 0 Å². The minimum absolute atomic E-state index is 0.0935. The van der Waals surface area contributed by atoms with E-state index in [4.69, 9.17) is 0 Å². The van der Waals surface area contributed by atoms with E-state index in [-0.39, 0.29) is 10.6 Å². The number of fused-ring (bicyclic) bond motifs is 1. The van der Waals surface area contributed by atoms with Crippen molar-refractivity contribution in [1.29, 1.82) is 0 Å². The quantitative estimate of drug-likeness (QED) is 0.782. The van der Waals surface area contributed by atoms with Gasteiger partial charge in [0.15, 0.2) is 14.6 Å². The van der Waals surface area contributed by atoms with Crippen molar-refractivity contribution >= 4 is 21.4 Å². The summed E-state index contributed by atoms with van der Waals surface area (Å²) in [6, 6.07) is 3.42. The summed E-state index contributed by atoms with van der Waals surface area (Å²) >= 11 is 0. The number of amides is 1. The Labute approximate surface area is 104 Å². The van der Waals surface area contributed by atoms with E-state index in [9.17, 15) is 17.6 Å². The van der Waals surface area contributed by atoms with Crippen molar-refractivity contribution in [2.24, 2.45) is 0 Å². The van der Waals surface area contributed by atoms with Gasteiger partial charge in [-0.3, -0.25) is 4.79 Å². The molecule has 1 aromatic carbocycles. The van der Waals surface area contributed by atoms with Crippen LogP contribution in [0.15, 0.2) is 23.1 Å². The number of halogens is 1. The van der Waals surface area contributed by atoms with Crippen LogP contribution in [0, 0.1) is 5.82 Å². The molecule has 1 amide bonds. The van der Waals surface area contributed by atoms with Crippen LogP contribution in [0.5, 0.6) is 0 Å². The molecule has 0 radical (unpaired) electrons. The summed E-state index contributed by atoms with van der Waals surface area (Å²) in [5.74, 6) is -1.08. The van der Waals surface area contributed by atoms with E-state index in [1.807, 2.05) is 0 Å². The third-order valence-electron chi connectivity index (χ3n) is 3.82. The molecule has 1 aliphatic heterocycles. The van der Waals surface area contributed by atoms with Crippen molar-refractivity contribution in [3.05, 3.63) is 24.0 Å².